The van der Waals surface area contributed by atoms with Gasteiger partial charge in [0.25, 0.3) is 0 Å². The van der Waals surface area contributed by atoms with E-state index in [2.05, 4.69) is 9.71 Å². The molecule has 112 valence electrons. The van der Waals surface area contributed by atoms with Crippen LogP contribution in [0.4, 0.5) is 0 Å². The average Bonchev–Trinajstić information content (AvgIpc) is 2.90. The summed E-state index contributed by atoms with van der Waals surface area (Å²) in [4.78, 5) is 12.9. The Morgan fingerprint density at radius 1 is 1.45 bits per heavy atom. The maximum absolute atomic E-state index is 12.2. The highest BCUT2D eigenvalue weighted by Crippen LogP contribution is 2.23. The third-order valence-corrected chi connectivity index (χ3v) is 4.86. The van der Waals surface area contributed by atoms with Gasteiger partial charge in [-0.25, -0.2) is 17.9 Å². The molecule has 0 atom stereocenters. The van der Waals surface area contributed by atoms with Crippen LogP contribution in [0.2, 0.25) is 0 Å². The first-order valence-electron chi connectivity index (χ1n) is 6.03. The SMILES string of the molecule is O=C(O)c1cc(S(=O)(=O)NC2(CO)CCOCC2)c[nH]1. The number of aliphatic hydroxyl groups is 1. The van der Waals surface area contributed by atoms with E-state index < -0.39 is 21.5 Å². The van der Waals surface area contributed by atoms with E-state index in [1.54, 1.807) is 0 Å². The second kappa shape index (κ2) is 5.52. The van der Waals surface area contributed by atoms with E-state index >= 15 is 0 Å². The zero-order valence-electron chi connectivity index (χ0n) is 10.6. The lowest BCUT2D eigenvalue weighted by Gasteiger charge is -2.35. The molecule has 0 spiro atoms. The molecule has 0 aliphatic carbocycles. The maximum atomic E-state index is 12.2. The van der Waals surface area contributed by atoms with Crippen molar-refractivity contribution in [1.82, 2.24) is 9.71 Å². The summed E-state index contributed by atoms with van der Waals surface area (Å²) in [6, 6.07) is 1.04. The van der Waals surface area contributed by atoms with Gasteiger partial charge in [0.1, 0.15) is 10.6 Å². The fourth-order valence-corrected chi connectivity index (χ4v) is 3.50. The van der Waals surface area contributed by atoms with Gasteiger partial charge in [-0.05, 0) is 18.9 Å². The first kappa shape index (κ1) is 15.0. The highest BCUT2D eigenvalue weighted by atomic mass is 32.2. The van der Waals surface area contributed by atoms with E-state index in [9.17, 15) is 18.3 Å². The number of hydrogen-bond donors (Lipinski definition) is 4. The van der Waals surface area contributed by atoms with Gasteiger partial charge in [0, 0.05) is 19.4 Å². The van der Waals surface area contributed by atoms with Gasteiger partial charge in [0.2, 0.25) is 10.0 Å². The molecule has 1 aliphatic rings. The first-order valence-corrected chi connectivity index (χ1v) is 7.51. The van der Waals surface area contributed by atoms with Crippen molar-refractivity contribution in [2.24, 2.45) is 0 Å². The van der Waals surface area contributed by atoms with E-state index in [4.69, 9.17) is 9.84 Å². The summed E-state index contributed by atoms with van der Waals surface area (Å²) < 4.78 is 32.1. The van der Waals surface area contributed by atoms with Crippen LogP contribution in [-0.4, -0.2) is 54.9 Å². The van der Waals surface area contributed by atoms with E-state index in [0.29, 0.717) is 26.1 Å². The summed E-state index contributed by atoms with van der Waals surface area (Å²) >= 11 is 0. The molecular formula is C11H16N2O6S. The third-order valence-electron chi connectivity index (χ3n) is 3.30. The van der Waals surface area contributed by atoms with Crippen molar-refractivity contribution in [2.45, 2.75) is 23.3 Å². The van der Waals surface area contributed by atoms with E-state index in [1.807, 2.05) is 0 Å². The van der Waals surface area contributed by atoms with Crippen LogP contribution in [0, 0.1) is 0 Å². The average molecular weight is 304 g/mol. The number of rotatable bonds is 5. The van der Waals surface area contributed by atoms with Gasteiger partial charge in [-0.3, -0.25) is 0 Å². The maximum Gasteiger partial charge on any atom is 0.352 e. The van der Waals surface area contributed by atoms with E-state index in [0.717, 1.165) is 12.3 Å². The number of ether oxygens (including phenoxy) is 1. The lowest BCUT2D eigenvalue weighted by molar-refractivity contribution is 0.0223. The number of carbonyl (C=O) groups is 1. The molecule has 9 heteroatoms. The molecule has 0 unspecified atom stereocenters. The fourth-order valence-electron chi connectivity index (χ4n) is 2.05. The number of nitrogens with one attached hydrogen (secondary N) is 2. The van der Waals surface area contributed by atoms with Crippen LogP contribution < -0.4 is 4.72 Å². The fraction of sp³-hybridized carbons (Fsp3) is 0.545. The molecule has 0 amide bonds. The molecule has 2 heterocycles. The van der Waals surface area contributed by atoms with Gasteiger partial charge < -0.3 is 19.9 Å². The number of aromatic nitrogens is 1. The van der Waals surface area contributed by atoms with Crippen molar-refractivity contribution in [1.29, 1.82) is 0 Å². The van der Waals surface area contributed by atoms with Crippen LogP contribution in [0.25, 0.3) is 0 Å². The highest BCUT2D eigenvalue weighted by Gasteiger charge is 2.36. The van der Waals surface area contributed by atoms with Crippen molar-refractivity contribution in [3.63, 3.8) is 0 Å². The number of H-pyrrole nitrogens is 1. The first-order chi connectivity index (χ1) is 9.38. The molecule has 1 aromatic heterocycles. The molecule has 1 saturated heterocycles. The van der Waals surface area contributed by atoms with Crippen molar-refractivity contribution in [3.8, 4) is 0 Å². The molecule has 1 aromatic rings. The highest BCUT2D eigenvalue weighted by molar-refractivity contribution is 7.89. The van der Waals surface area contributed by atoms with Crippen molar-refractivity contribution in [2.75, 3.05) is 19.8 Å². The summed E-state index contributed by atoms with van der Waals surface area (Å²) in [6.45, 7) is 0.374. The lowest BCUT2D eigenvalue weighted by atomic mass is 9.93. The quantitative estimate of drug-likeness (QED) is 0.582. The molecular weight excluding hydrogens is 288 g/mol. The van der Waals surface area contributed by atoms with Crippen LogP contribution in [0.3, 0.4) is 0 Å². The molecule has 8 nitrogen and oxygen atoms in total. The summed E-state index contributed by atoms with van der Waals surface area (Å²) in [7, 11) is -3.90. The number of aliphatic hydroxyl groups excluding tert-OH is 1. The van der Waals surface area contributed by atoms with Crippen molar-refractivity contribution >= 4 is 16.0 Å². The Labute approximate surface area is 115 Å². The molecule has 0 radical (unpaired) electrons. The largest absolute Gasteiger partial charge is 0.477 e. The number of sulfonamides is 1. The summed E-state index contributed by atoms with van der Waals surface area (Å²) in [5.41, 5.74) is -1.17. The Morgan fingerprint density at radius 3 is 2.60 bits per heavy atom. The zero-order valence-corrected chi connectivity index (χ0v) is 11.4. The van der Waals surface area contributed by atoms with Crippen LogP contribution in [-0.2, 0) is 14.8 Å². The number of hydrogen-bond acceptors (Lipinski definition) is 5. The smallest absolute Gasteiger partial charge is 0.352 e. The predicted octanol–water partition coefficient (Wildman–Crippen LogP) is -0.467. The predicted molar refractivity (Wildman–Crippen MR) is 67.9 cm³/mol. The molecule has 1 fully saturated rings. The molecule has 2 rings (SSSR count). The second-order valence-electron chi connectivity index (χ2n) is 4.71. The van der Waals surface area contributed by atoms with Crippen molar-refractivity contribution in [3.05, 3.63) is 18.0 Å². The van der Waals surface area contributed by atoms with Crippen molar-refractivity contribution < 1.29 is 28.2 Å². The molecule has 4 N–H and O–H groups in total. The van der Waals surface area contributed by atoms with Crippen LogP contribution >= 0.6 is 0 Å². The van der Waals surface area contributed by atoms with Gasteiger partial charge in [0.15, 0.2) is 0 Å². The number of aromatic amines is 1. The summed E-state index contributed by atoms with van der Waals surface area (Å²) in [5.74, 6) is -1.24. The van der Waals surface area contributed by atoms with Gasteiger partial charge in [-0.2, -0.15) is 0 Å². The minimum absolute atomic E-state index is 0.172. The Hall–Kier alpha value is -1.42. The minimum atomic E-state index is -3.90. The molecule has 20 heavy (non-hydrogen) atoms. The van der Waals surface area contributed by atoms with E-state index in [1.165, 1.54) is 0 Å². The van der Waals surface area contributed by atoms with Gasteiger partial charge in [-0.15, -0.1) is 0 Å². The number of carboxylic acids is 1. The third kappa shape index (κ3) is 3.01. The van der Waals surface area contributed by atoms with Gasteiger partial charge in [0.05, 0.1) is 12.1 Å². The Morgan fingerprint density at radius 2 is 2.10 bits per heavy atom. The Balaban J connectivity index is 2.23. The second-order valence-corrected chi connectivity index (χ2v) is 6.39. The Kier molecular flexibility index (Phi) is 4.14. The molecule has 1 aliphatic heterocycles. The lowest BCUT2D eigenvalue weighted by Crippen LogP contribution is -2.54. The van der Waals surface area contributed by atoms with E-state index in [-0.39, 0.29) is 17.2 Å². The van der Waals surface area contributed by atoms with Crippen LogP contribution in [0.15, 0.2) is 17.2 Å². The summed E-state index contributed by atoms with van der Waals surface area (Å²) in [5, 5.41) is 18.2. The Bertz CT molecular complexity index is 588. The summed E-state index contributed by atoms with van der Waals surface area (Å²) in [6.07, 6.45) is 1.83. The number of aromatic carboxylic acids is 1. The normalized spacial score (nSPS) is 18.9. The van der Waals surface area contributed by atoms with Gasteiger partial charge in [-0.1, -0.05) is 0 Å². The molecule has 0 bridgehead atoms. The number of carboxylic acid groups (broad SMARTS) is 1. The molecule has 0 saturated carbocycles. The standard InChI is InChI=1S/C11H16N2O6S/c14-7-11(1-3-19-4-2-11)13-20(17,18)8-5-9(10(15)16)12-6-8/h5-6,12-14H,1-4,7H2,(H,15,16). The zero-order chi connectivity index (χ0) is 14.8. The van der Waals surface area contributed by atoms with Crippen LogP contribution in [0.5, 0.6) is 0 Å². The molecule has 0 aromatic carbocycles. The van der Waals surface area contributed by atoms with Crippen LogP contribution in [0.1, 0.15) is 23.3 Å². The minimum Gasteiger partial charge on any atom is -0.477 e. The monoisotopic (exact) mass is 304 g/mol. The topological polar surface area (TPSA) is 129 Å². The van der Waals surface area contributed by atoms with Gasteiger partial charge >= 0.3 is 5.97 Å².